The lowest BCUT2D eigenvalue weighted by Crippen LogP contribution is -2.29. The molecule has 1 aliphatic heterocycles. The van der Waals surface area contributed by atoms with E-state index < -0.39 is 0 Å². The van der Waals surface area contributed by atoms with Crippen LogP contribution >= 0.6 is 0 Å². The third-order valence-electron chi connectivity index (χ3n) is 4.12. The fourth-order valence-corrected chi connectivity index (χ4v) is 3.17. The highest BCUT2D eigenvalue weighted by atomic mass is 16.3. The highest BCUT2D eigenvalue weighted by molar-refractivity contribution is 5.82. The number of aryl methyl sites for hydroxylation is 1. The molecule has 1 aliphatic rings. The lowest BCUT2D eigenvalue weighted by Gasteiger charge is -2.26. The Labute approximate surface area is 114 Å². The van der Waals surface area contributed by atoms with Crippen molar-refractivity contribution in [1.29, 1.82) is 0 Å². The van der Waals surface area contributed by atoms with Crippen LogP contribution in [0.4, 0.5) is 0 Å². The van der Waals surface area contributed by atoms with Gasteiger partial charge in [0, 0.05) is 29.7 Å². The zero-order valence-electron chi connectivity index (χ0n) is 11.6. The monoisotopic (exact) mass is 258 g/mol. The first-order valence-electron chi connectivity index (χ1n) is 7.31. The van der Waals surface area contributed by atoms with Gasteiger partial charge in [-0.05, 0) is 57.1 Å². The summed E-state index contributed by atoms with van der Waals surface area (Å²) >= 11 is 0. The third-order valence-corrected chi connectivity index (χ3v) is 4.12. The second-order valence-corrected chi connectivity index (χ2v) is 5.46. The van der Waals surface area contributed by atoms with E-state index in [0.717, 1.165) is 18.5 Å². The van der Waals surface area contributed by atoms with Gasteiger partial charge in [-0.2, -0.15) is 0 Å². The molecule has 19 heavy (non-hydrogen) atoms. The third kappa shape index (κ3) is 2.47. The molecule has 3 rings (SSSR count). The lowest BCUT2D eigenvalue weighted by atomic mass is 10.1. The van der Waals surface area contributed by atoms with Gasteiger partial charge in [-0.25, -0.2) is 0 Å². The Hall–Kier alpha value is -1.48. The summed E-state index contributed by atoms with van der Waals surface area (Å²) in [5.41, 5.74) is 2.59. The maximum atomic E-state index is 9.60. The second-order valence-electron chi connectivity index (χ2n) is 5.46. The average molecular weight is 258 g/mol. The van der Waals surface area contributed by atoms with E-state index in [9.17, 15) is 5.11 Å². The zero-order valence-corrected chi connectivity index (χ0v) is 11.6. The van der Waals surface area contributed by atoms with Crippen molar-refractivity contribution in [3.05, 3.63) is 30.0 Å². The fourth-order valence-electron chi connectivity index (χ4n) is 3.17. The first-order chi connectivity index (χ1) is 9.28. The van der Waals surface area contributed by atoms with Crippen LogP contribution in [0.2, 0.25) is 0 Å². The molecule has 1 aromatic heterocycles. The van der Waals surface area contributed by atoms with Crippen LogP contribution in [0.3, 0.4) is 0 Å². The maximum absolute atomic E-state index is 9.60. The molecule has 1 aromatic carbocycles. The Morgan fingerprint density at radius 2 is 1.89 bits per heavy atom. The van der Waals surface area contributed by atoms with Crippen LogP contribution < -0.4 is 0 Å². The number of nitrogens with zero attached hydrogens (tertiary/aromatic N) is 2. The van der Waals surface area contributed by atoms with Crippen LogP contribution in [0, 0.1) is 0 Å². The van der Waals surface area contributed by atoms with Gasteiger partial charge in [-0.15, -0.1) is 0 Å². The number of hydrogen-bond donors (Lipinski definition) is 1. The van der Waals surface area contributed by atoms with Crippen molar-refractivity contribution in [2.45, 2.75) is 39.3 Å². The summed E-state index contributed by atoms with van der Waals surface area (Å²) in [6.45, 7) is 6.64. The van der Waals surface area contributed by atoms with Crippen molar-refractivity contribution in [2.24, 2.45) is 0 Å². The Bertz CT molecular complexity index is 567. The number of fused-ring (bicyclic) bond motifs is 1. The number of hydrogen-bond acceptors (Lipinski definition) is 2. The highest BCUT2D eigenvalue weighted by Crippen LogP contribution is 2.25. The van der Waals surface area contributed by atoms with Crippen LogP contribution in [0.1, 0.15) is 31.9 Å². The minimum absolute atomic E-state index is 0.352. The quantitative estimate of drug-likeness (QED) is 0.914. The number of likely N-dealkylation sites (tertiary alicyclic amines) is 1. The first-order valence-corrected chi connectivity index (χ1v) is 7.31. The molecular formula is C16H22N2O. The molecule has 1 N–H and O–H groups in total. The summed E-state index contributed by atoms with van der Waals surface area (Å²) in [5.74, 6) is 0.352. The largest absolute Gasteiger partial charge is 0.508 e. The van der Waals surface area contributed by atoms with Crippen molar-refractivity contribution in [2.75, 3.05) is 13.1 Å². The van der Waals surface area contributed by atoms with Crippen LogP contribution in [-0.4, -0.2) is 27.7 Å². The number of aromatic nitrogens is 1. The van der Waals surface area contributed by atoms with E-state index in [1.807, 2.05) is 12.1 Å². The standard InChI is InChI=1S/C16H22N2O/c1-2-18-14(12-17-8-4-3-5-9-17)10-13-11-15(19)6-7-16(13)18/h6-7,10-11,19H,2-5,8-9,12H2,1H3. The zero-order chi connectivity index (χ0) is 13.2. The number of phenolic OH excluding ortho intramolecular Hbond substituents is 1. The predicted octanol–water partition coefficient (Wildman–Crippen LogP) is 3.35. The molecule has 0 aliphatic carbocycles. The summed E-state index contributed by atoms with van der Waals surface area (Å²) in [4.78, 5) is 2.55. The number of rotatable bonds is 3. The fraction of sp³-hybridized carbons (Fsp3) is 0.500. The van der Waals surface area contributed by atoms with Crippen molar-refractivity contribution < 1.29 is 5.11 Å². The van der Waals surface area contributed by atoms with Gasteiger partial charge in [0.05, 0.1) is 0 Å². The van der Waals surface area contributed by atoms with Crippen molar-refractivity contribution >= 4 is 10.9 Å². The van der Waals surface area contributed by atoms with E-state index in [0.29, 0.717) is 5.75 Å². The van der Waals surface area contributed by atoms with Crippen molar-refractivity contribution in [3.63, 3.8) is 0 Å². The SMILES string of the molecule is CCn1c(CN2CCCCC2)cc2cc(O)ccc21. The van der Waals surface area contributed by atoms with Crippen LogP contribution in [0.25, 0.3) is 10.9 Å². The van der Waals surface area contributed by atoms with Gasteiger partial charge in [0.25, 0.3) is 0 Å². The molecule has 102 valence electrons. The van der Waals surface area contributed by atoms with E-state index >= 15 is 0 Å². The predicted molar refractivity (Wildman–Crippen MR) is 78.4 cm³/mol. The molecular weight excluding hydrogens is 236 g/mol. The molecule has 1 saturated heterocycles. The Balaban J connectivity index is 1.93. The summed E-state index contributed by atoms with van der Waals surface area (Å²) in [5, 5.41) is 10.8. The lowest BCUT2D eigenvalue weighted by molar-refractivity contribution is 0.216. The molecule has 0 spiro atoms. The van der Waals surface area contributed by atoms with E-state index in [1.54, 1.807) is 6.07 Å². The van der Waals surface area contributed by atoms with E-state index in [1.165, 1.54) is 43.6 Å². The van der Waals surface area contributed by atoms with E-state index in [2.05, 4.69) is 22.5 Å². The second kappa shape index (κ2) is 5.25. The topological polar surface area (TPSA) is 28.4 Å². The number of piperidine rings is 1. The van der Waals surface area contributed by atoms with Gasteiger partial charge in [-0.1, -0.05) is 6.42 Å². The Morgan fingerprint density at radius 1 is 1.11 bits per heavy atom. The van der Waals surface area contributed by atoms with Crippen LogP contribution in [0.5, 0.6) is 5.75 Å². The molecule has 0 bridgehead atoms. The number of benzene rings is 1. The molecule has 0 atom stereocenters. The van der Waals surface area contributed by atoms with Crippen molar-refractivity contribution in [3.8, 4) is 5.75 Å². The minimum Gasteiger partial charge on any atom is -0.508 e. The average Bonchev–Trinajstić information content (AvgIpc) is 2.76. The highest BCUT2D eigenvalue weighted by Gasteiger charge is 2.14. The summed E-state index contributed by atoms with van der Waals surface area (Å²) in [6.07, 6.45) is 4.03. The van der Waals surface area contributed by atoms with Gasteiger partial charge >= 0.3 is 0 Å². The molecule has 1 fully saturated rings. The first kappa shape index (κ1) is 12.5. The van der Waals surface area contributed by atoms with Gasteiger partial charge in [0.15, 0.2) is 0 Å². The minimum atomic E-state index is 0.352. The van der Waals surface area contributed by atoms with E-state index in [4.69, 9.17) is 0 Å². The molecule has 0 amide bonds. The van der Waals surface area contributed by atoms with Gasteiger partial charge in [0.1, 0.15) is 5.75 Å². The molecule has 3 nitrogen and oxygen atoms in total. The Morgan fingerprint density at radius 3 is 2.63 bits per heavy atom. The molecule has 2 heterocycles. The Kier molecular flexibility index (Phi) is 3.47. The molecule has 3 heteroatoms. The van der Waals surface area contributed by atoms with Gasteiger partial charge in [-0.3, -0.25) is 4.90 Å². The number of phenols is 1. The molecule has 2 aromatic rings. The summed E-state index contributed by atoms with van der Waals surface area (Å²) in [7, 11) is 0. The molecule has 0 radical (unpaired) electrons. The smallest absolute Gasteiger partial charge is 0.116 e. The van der Waals surface area contributed by atoms with Crippen molar-refractivity contribution in [1.82, 2.24) is 9.47 Å². The summed E-state index contributed by atoms with van der Waals surface area (Å²) in [6, 6.07) is 7.89. The van der Waals surface area contributed by atoms with Crippen LogP contribution in [0.15, 0.2) is 24.3 Å². The van der Waals surface area contributed by atoms with E-state index in [-0.39, 0.29) is 0 Å². The molecule has 0 saturated carbocycles. The number of aromatic hydroxyl groups is 1. The summed E-state index contributed by atoms with van der Waals surface area (Å²) < 4.78 is 2.36. The molecule has 0 unspecified atom stereocenters. The van der Waals surface area contributed by atoms with Gasteiger partial charge in [0.2, 0.25) is 0 Å². The normalized spacial score (nSPS) is 17.1. The van der Waals surface area contributed by atoms with Gasteiger partial charge < -0.3 is 9.67 Å². The van der Waals surface area contributed by atoms with Crippen LogP contribution in [-0.2, 0) is 13.1 Å². The maximum Gasteiger partial charge on any atom is 0.116 e.